The van der Waals surface area contributed by atoms with Gasteiger partial charge in [0.1, 0.15) is 0 Å². The zero-order valence-electron chi connectivity index (χ0n) is 15.6. The largest absolute Gasteiger partial charge is 0.349 e. The number of fused-ring (bicyclic) bond motifs is 1. The fraction of sp³-hybridized carbons (Fsp3) is 0.450. The van der Waals surface area contributed by atoms with Crippen molar-refractivity contribution in [1.29, 1.82) is 0 Å². The number of piperidine rings is 1. The Morgan fingerprint density at radius 2 is 2.04 bits per heavy atom. The normalized spacial score (nSPS) is 19.8. The molecule has 0 aliphatic carbocycles. The van der Waals surface area contributed by atoms with Crippen molar-refractivity contribution in [3.05, 3.63) is 47.3 Å². The first-order valence-corrected chi connectivity index (χ1v) is 10.2. The van der Waals surface area contributed by atoms with E-state index in [0.29, 0.717) is 18.7 Å². The van der Waals surface area contributed by atoms with Gasteiger partial charge in [0.15, 0.2) is 0 Å². The van der Waals surface area contributed by atoms with Gasteiger partial charge in [-0.25, -0.2) is 0 Å². The van der Waals surface area contributed by atoms with E-state index in [-0.39, 0.29) is 23.1 Å². The zero-order valence-corrected chi connectivity index (χ0v) is 16.5. The number of nitrogens with one attached hydrogen (secondary N) is 1. The first kappa shape index (κ1) is 18.1. The molecule has 4 rings (SSSR count). The molecule has 0 spiro atoms. The molecule has 27 heavy (non-hydrogen) atoms. The Hall–Kier alpha value is -2.28. The number of carbonyl (C=O) groups excluding carboxylic acids is 2. The van der Waals surface area contributed by atoms with Crippen LogP contribution in [0.2, 0.25) is 0 Å². The number of nitrogens with zero attached hydrogens (tertiary/aromatic N) is 3. The van der Waals surface area contributed by atoms with E-state index in [1.54, 1.807) is 35.9 Å². The Bertz CT molecular complexity index is 871. The van der Waals surface area contributed by atoms with Gasteiger partial charge < -0.3 is 10.2 Å². The molecule has 2 amide bonds. The molecule has 2 aliphatic heterocycles. The second kappa shape index (κ2) is 7.38. The number of benzene rings is 1. The van der Waals surface area contributed by atoms with Gasteiger partial charge in [-0.15, -0.1) is 11.8 Å². The molecule has 7 heteroatoms. The molecule has 1 aromatic carbocycles. The minimum absolute atomic E-state index is 0.0108. The molecule has 1 saturated heterocycles. The SMILES string of the molecule is Cc1ccc2c(c1)S[C@@H](C(=O)N1CCC(NC(=O)c3cnn(C)c3)CC1)C2. The number of thioether (sulfide) groups is 1. The van der Waals surface area contributed by atoms with E-state index < -0.39 is 0 Å². The van der Waals surface area contributed by atoms with Crippen molar-refractivity contribution in [3.63, 3.8) is 0 Å². The monoisotopic (exact) mass is 384 g/mol. The summed E-state index contributed by atoms with van der Waals surface area (Å²) in [5.74, 6) is 0.135. The number of hydrogen-bond donors (Lipinski definition) is 1. The quantitative estimate of drug-likeness (QED) is 0.881. The Balaban J connectivity index is 1.29. The summed E-state index contributed by atoms with van der Waals surface area (Å²) in [6.45, 7) is 3.48. The molecule has 1 atom stereocenters. The molecule has 0 radical (unpaired) electrons. The lowest BCUT2D eigenvalue weighted by Gasteiger charge is -2.33. The van der Waals surface area contributed by atoms with Crippen LogP contribution in [0.25, 0.3) is 0 Å². The van der Waals surface area contributed by atoms with Crippen LogP contribution in [0.5, 0.6) is 0 Å². The molecule has 142 valence electrons. The maximum Gasteiger partial charge on any atom is 0.254 e. The molecule has 0 saturated carbocycles. The standard InChI is InChI=1S/C20H24N4O2S/c1-13-3-4-14-10-18(27-17(14)9-13)20(26)24-7-5-16(6-8-24)22-19(25)15-11-21-23(2)12-15/h3-4,9,11-12,16,18H,5-8,10H2,1-2H3,(H,22,25)/t18-/m1/s1. The first-order chi connectivity index (χ1) is 13.0. The molecule has 1 N–H and O–H groups in total. The van der Waals surface area contributed by atoms with E-state index in [1.807, 2.05) is 4.90 Å². The molecule has 1 aromatic heterocycles. The minimum Gasteiger partial charge on any atom is -0.349 e. The Morgan fingerprint density at radius 1 is 1.26 bits per heavy atom. The maximum absolute atomic E-state index is 12.9. The van der Waals surface area contributed by atoms with Crippen molar-refractivity contribution in [2.75, 3.05) is 13.1 Å². The fourth-order valence-electron chi connectivity index (χ4n) is 3.73. The Kier molecular flexibility index (Phi) is 4.95. The lowest BCUT2D eigenvalue weighted by atomic mass is 10.0. The summed E-state index contributed by atoms with van der Waals surface area (Å²) in [4.78, 5) is 28.4. The zero-order chi connectivity index (χ0) is 19.0. The van der Waals surface area contributed by atoms with Gasteiger partial charge in [0, 0.05) is 37.3 Å². The number of likely N-dealkylation sites (tertiary alicyclic amines) is 1. The molecular weight excluding hydrogens is 360 g/mol. The minimum atomic E-state index is -0.0926. The number of aryl methyl sites for hydroxylation is 2. The van der Waals surface area contributed by atoms with Crippen LogP contribution >= 0.6 is 11.8 Å². The van der Waals surface area contributed by atoms with Crippen molar-refractivity contribution in [2.45, 2.75) is 42.4 Å². The van der Waals surface area contributed by atoms with Gasteiger partial charge in [-0.05, 0) is 37.8 Å². The van der Waals surface area contributed by atoms with Gasteiger partial charge >= 0.3 is 0 Å². The van der Waals surface area contributed by atoms with E-state index in [0.717, 1.165) is 19.3 Å². The van der Waals surface area contributed by atoms with Crippen molar-refractivity contribution < 1.29 is 9.59 Å². The van der Waals surface area contributed by atoms with Gasteiger partial charge in [-0.3, -0.25) is 14.3 Å². The second-order valence-electron chi connectivity index (χ2n) is 7.40. The average Bonchev–Trinajstić information content (AvgIpc) is 3.27. The molecule has 3 heterocycles. The lowest BCUT2D eigenvalue weighted by molar-refractivity contribution is -0.131. The smallest absolute Gasteiger partial charge is 0.254 e. The van der Waals surface area contributed by atoms with Crippen molar-refractivity contribution in [3.8, 4) is 0 Å². The summed E-state index contributed by atoms with van der Waals surface area (Å²) < 4.78 is 1.62. The van der Waals surface area contributed by atoms with Gasteiger partial charge in [-0.1, -0.05) is 17.7 Å². The third-order valence-corrected chi connectivity index (χ3v) is 6.57. The summed E-state index contributed by atoms with van der Waals surface area (Å²) in [6, 6.07) is 6.54. The Morgan fingerprint density at radius 3 is 2.74 bits per heavy atom. The van der Waals surface area contributed by atoms with Crippen LogP contribution in [0, 0.1) is 6.92 Å². The van der Waals surface area contributed by atoms with Crippen LogP contribution in [0.4, 0.5) is 0 Å². The molecule has 1 fully saturated rings. The van der Waals surface area contributed by atoms with E-state index in [9.17, 15) is 9.59 Å². The molecule has 0 bridgehead atoms. The highest BCUT2D eigenvalue weighted by atomic mass is 32.2. The van der Waals surface area contributed by atoms with E-state index in [1.165, 1.54) is 16.0 Å². The fourth-order valence-corrected chi connectivity index (χ4v) is 5.10. The van der Waals surface area contributed by atoms with Crippen molar-refractivity contribution >= 4 is 23.6 Å². The van der Waals surface area contributed by atoms with Gasteiger partial charge in [0.05, 0.1) is 17.0 Å². The number of amides is 2. The van der Waals surface area contributed by atoms with Crippen LogP contribution < -0.4 is 5.32 Å². The molecule has 6 nitrogen and oxygen atoms in total. The van der Waals surface area contributed by atoms with Gasteiger partial charge in [-0.2, -0.15) is 5.10 Å². The molecular formula is C20H24N4O2S. The van der Waals surface area contributed by atoms with E-state index >= 15 is 0 Å². The van der Waals surface area contributed by atoms with Gasteiger partial charge in [0.2, 0.25) is 5.91 Å². The van der Waals surface area contributed by atoms with Crippen LogP contribution in [-0.2, 0) is 18.3 Å². The Labute approximate surface area is 163 Å². The average molecular weight is 385 g/mol. The van der Waals surface area contributed by atoms with Crippen molar-refractivity contribution in [2.24, 2.45) is 7.05 Å². The third-order valence-electron chi connectivity index (χ3n) is 5.28. The highest BCUT2D eigenvalue weighted by Gasteiger charge is 2.33. The molecule has 2 aliphatic rings. The summed E-state index contributed by atoms with van der Waals surface area (Å²) >= 11 is 1.69. The van der Waals surface area contributed by atoms with Crippen LogP contribution in [-0.4, -0.2) is 50.9 Å². The summed E-state index contributed by atoms with van der Waals surface area (Å²) in [5.41, 5.74) is 3.09. The molecule has 0 unspecified atom stereocenters. The highest BCUT2D eigenvalue weighted by Crippen LogP contribution is 2.38. The topological polar surface area (TPSA) is 67.2 Å². The van der Waals surface area contributed by atoms with E-state index in [2.05, 4.69) is 35.5 Å². The maximum atomic E-state index is 12.9. The summed E-state index contributed by atoms with van der Waals surface area (Å²) in [5, 5.41) is 7.08. The number of hydrogen-bond acceptors (Lipinski definition) is 4. The predicted octanol–water partition coefficient (Wildman–Crippen LogP) is 2.17. The van der Waals surface area contributed by atoms with Gasteiger partial charge in [0.25, 0.3) is 5.91 Å². The van der Waals surface area contributed by atoms with E-state index in [4.69, 9.17) is 0 Å². The summed E-state index contributed by atoms with van der Waals surface area (Å²) in [7, 11) is 1.79. The van der Waals surface area contributed by atoms with Crippen molar-refractivity contribution in [1.82, 2.24) is 20.0 Å². The number of carbonyl (C=O) groups is 2. The van der Waals surface area contributed by atoms with Crippen LogP contribution in [0.15, 0.2) is 35.5 Å². The summed E-state index contributed by atoms with van der Waals surface area (Å²) in [6.07, 6.45) is 5.69. The van der Waals surface area contributed by atoms with Crippen LogP contribution in [0.3, 0.4) is 0 Å². The molecule has 2 aromatic rings. The third kappa shape index (κ3) is 3.88. The lowest BCUT2D eigenvalue weighted by Crippen LogP contribution is -2.48. The highest BCUT2D eigenvalue weighted by molar-refractivity contribution is 8.01. The predicted molar refractivity (Wildman–Crippen MR) is 105 cm³/mol. The second-order valence-corrected chi connectivity index (χ2v) is 8.64. The van der Waals surface area contributed by atoms with Crippen LogP contribution in [0.1, 0.15) is 34.3 Å². The first-order valence-electron chi connectivity index (χ1n) is 9.34. The number of aromatic nitrogens is 2. The number of rotatable bonds is 3.